The number of hydrogen-bond donors (Lipinski definition) is 1. The van der Waals surface area contributed by atoms with Crippen molar-refractivity contribution in [2.75, 3.05) is 24.6 Å². The molecule has 1 saturated heterocycles. The molecule has 1 N–H and O–H groups in total. The number of nitrogens with zero attached hydrogens (tertiary/aromatic N) is 1. The Bertz CT molecular complexity index is 443. The summed E-state index contributed by atoms with van der Waals surface area (Å²) in [5.74, 6) is 0.974. The molecule has 0 saturated carbocycles. The molecule has 0 amide bonds. The van der Waals surface area contributed by atoms with Gasteiger partial charge in [-0.15, -0.1) is 0 Å². The quantitative estimate of drug-likeness (QED) is 0.861. The average molecular weight is 290 g/mol. The summed E-state index contributed by atoms with van der Waals surface area (Å²) in [5, 5.41) is 3.80. The molecule has 0 aliphatic carbocycles. The fourth-order valence-electron chi connectivity index (χ4n) is 3.26. The van der Waals surface area contributed by atoms with E-state index < -0.39 is 0 Å². The summed E-state index contributed by atoms with van der Waals surface area (Å²) in [6.07, 6.45) is 3.50. The van der Waals surface area contributed by atoms with E-state index in [4.69, 9.17) is 4.74 Å². The molecule has 1 fully saturated rings. The molecular formula is C18H30N2O. The first-order valence-electron chi connectivity index (χ1n) is 8.42. The Labute approximate surface area is 129 Å². The van der Waals surface area contributed by atoms with Crippen LogP contribution in [0.2, 0.25) is 0 Å². The van der Waals surface area contributed by atoms with Gasteiger partial charge in [0.25, 0.3) is 0 Å². The van der Waals surface area contributed by atoms with Crippen molar-refractivity contribution < 1.29 is 4.74 Å². The Morgan fingerprint density at radius 2 is 2.00 bits per heavy atom. The van der Waals surface area contributed by atoms with Crippen molar-refractivity contribution in [2.45, 2.75) is 58.5 Å². The number of nitrogens with one attached hydrogen (secondary N) is 1. The fraction of sp³-hybridized carbons (Fsp3) is 0.667. The maximum atomic E-state index is 5.67. The van der Waals surface area contributed by atoms with Gasteiger partial charge in [0, 0.05) is 36.4 Å². The van der Waals surface area contributed by atoms with Crippen molar-refractivity contribution in [3.63, 3.8) is 0 Å². The lowest BCUT2D eigenvalue weighted by atomic mass is 9.87. The van der Waals surface area contributed by atoms with Crippen molar-refractivity contribution >= 4 is 5.69 Å². The second-order valence-electron chi connectivity index (χ2n) is 5.99. The highest BCUT2D eigenvalue weighted by Gasteiger charge is 2.36. The molecule has 0 bridgehead atoms. The van der Waals surface area contributed by atoms with Crippen LogP contribution in [-0.4, -0.2) is 31.3 Å². The van der Waals surface area contributed by atoms with Gasteiger partial charge in [-0.05, 0) is 38.3 Å². The molecular weight excluding hydrogens is 260 g/mol. The molecule has 1 aliphatic heterocycles. The third-order valence-corrected chi connectivity index (χ3v) is 4.91. The zero-order chi connectivity index (χ0) is 15.3. The van der Waals surface area contributed by atoms with E-state index in [2.05, 4.69) is 49.2 Å². The summed E-state index contributed by atoms with van der Waals surface area (Å²) >= 11 is 0. The molecule has 2 rings (SSSR count). The van der Waals surface area contributed by atoms with Gasteiger partial charge in [0.2, 0.25) is 0 Å². The van der Waals surface area contributed by atoms with Crippen LogP contribution in [0.1, 0.15) is 47.0 Å². The van der Waals surface area contributed by atoms with Gasteiger partial charge in [-0.2, -0.15) is 0 Å². The largest absolute Gasteiger partial charge is 0.494 e. The molecule has 0 aromatic heterocycles. The Morgan fingerprint density at radius 1 is 1.24 bits per heavy atom. The summed E-state index contributed by atoms with van der Waals surface area (Å²) in [6, 6.07) is 9.12. The minimum absolute atomic E-state index is 0.243. The number of anilines is 1. The van der Waals surface area contributed by atoms with Gasteiger partial charge in [0.05, 0.1) is 6.61 Å². The summed E-state index contributed by atoms with van der Waals surface area (Å²) < 4.78 is 5.67. The first-order valence-corrected chi connectivity index (χ1v) is 8.42. The van der Waals surface area contributed by atoms with E-state index in [9.17, 15) is 0 Å². The number of hydrogen-bond acceptors (Lipinski definition) is 3. The summed E-state index contributed by atoms with van der Waals surface area (Å²) in [4.78, 5) is 2.58. The van der Waals surface area contributed by atoms with E-state index >= 15 is 0 Å². The second kappa shape index (κ2) is 7.17. The lowest BCUT2D eigenvalue weighted by molar-refractivity contribution is 0.246. The Morgan fingerprint density at radius 3 is 2.62 bits per heavy atom. The van der Waals surface area contributed by atoms with Gasteiger partial charge in [-0.1, -0.05) is 26.8 Å². The molecule has 3 heteroatoms. The van der Waals surface area contributed by atoms with Gasteiger partial charge in [0.1, 0.15) is 5.75 Å². The van der Waals surface area contributed by atoms with E-state index in [1.165, 1.54) is 18.5 Å². The highest BCUT2D eigenvalue weighted by Crippen LogP contribution is 2.30. The topological polar surface area (TPSA) is 24.5 Å². The summed E-state index contributed by atoms with van der Waals surface area (Å²) in [5.41, 5.74) is 1.54. The molecule has 1 heterocycles. The van der Waals surface area contributed by atoms with Crippen molar-refractivity contribution in [1.29, 1.82) is 0 Å². The molecule has 1 aromatic carbocycles. The smallest absolute Gasteiger partial charge is 0.121 e. The number of rotatable bonds is 6. The number of ether oxygens (including phenoxy) is 1. The van der Waals surface area contributed by atoms with Gasteiger partial charge < -0.3 is 15.0 Å². The van der Waals surface area contributed by atoms with E-state index in [-0.39, 0.29) is 5.54 Å². The Hall–Kier alpha value is -1.22. The molecule has 0 spiro atoms. The van der Waals surface area contributed by atoms with E-state index in [0.29, 0.717) is 6.04 Å². The van der Waals surface area contributed by atoms with Crippen molar-refractivity contribution in [3.05, 3.63) is 24.3 Å². The van der Waals surface area contributed by atoms with Crippen LogP contribution in [0.3, 0.4) is 0 Å². The van der Waals surface area contributed by atoms with Gasteiger partial charge in [0.15, 0.2) is 0 Å². The minimum atomic E-state index is 0.243. The maximum Gasteiger partial charge on any atom is 0.121 e. The van der Waals surface area contributed by atoms with Gasteiger partial charge >= 0.3 is 0 Å². The lowest BCUT2D eigenvalue weighted by Crippen LogP contribution is -2.64. The minimum Gasteiger partial charge on any atom is -0.494 e. The van der Waals surface area contributed by atoms with Crippen molar-refractivity contribution in [1.82, 2.24) is 5.32 Å². The highest BCUT2D eigenvalue weighted by molar-refractivity contribution is 5.52. The van der Waals surface area contributed by atoms with Crippen molar-refractivity contribution in [2.24, 2.45) is 0 Å². The van der Waals surface area contributed by atoms with Crippen LogP contribution in [0.5, 0.6) is 5.75 Å². The Kier molecular flexibility index (Phi) is 5.51. The predicted octanol–water partition coefficient (Wildman–Crippen LogP) is 3.83. The van der Waals surface area contributed by atoms with Crippen LogP contribution in [0.25, 0.3) is 0 Å². The van der Waals surface area contributed by atoms with Gasteiger partial charge in [-0.3, -0.25) is 0 Å². The molecule has 1 unspecified atom stereocenters. The SMILES string of the molecule is CCOc1cccc(N2CC(CC)(CC)NCC2CC)c1. The highest BCUT2D eigenvalue weighted by atomic mass is 16.5. The molecule has 118 valence electrons. The van der Waals surface area contributed by atoms with Crippen LogP contribution in [0, 0.1) is 0 Å². The second-order valence-corrected chi connectivity index (χ2v) is 5.99. The first-order chi connectivity index (χ1) is 10.2. The van der Waals surface area contributed by atoms with E-state index in [1.807, 2.05) is 13.0 Å². The molecule has 21 heavy (non-hydrogen) atoms. The zero-order valence-electron chi connectivity index (χ0n) is 14.0. The molecule has 3 nitrogen and oxygen atoms in total. The normalized spacial score (nSPS) is 21.3. The van der Waals surface area contributed by atoms with Crippen LogP contribution in [0.4, 0.5) is 5.69 Å². The number of piperazine rings is 1. The molecule has 1 aliphatic rings. The number of benzene rings is 1. The van der Waals surface area contributed by atoms with E-state index in [1.54, 1.807) is 0 Å². The standard InChI is InChI=1S/C18H30N2O/c1-5-15-13-19-18(6-2,7-3)14-20(15)16-10-9-11-17(12-16)21-8-4/h9-12,15,19H,5-8,13-14H2,1-4H3. The molecule has 1 aromatic rings. The maximum absolute atomic E-state index is 5.67. The molecule has 0 radical (unpaired) electrons. The third-order valence-electron chi connectivity index (χ3n) is 4.91. The monoisotopic (exact) mass is 290 g/mol. The van der Waals surface area contributed by atoms with Crippen LogP contribution >= 0.6 is 0 Å². The Balaban J connectivity index is 2.26. The third kappa shape index (κ3) is 3.52. The average Bonchev–Trinajstić information content (AvgIpc) is 2.55. The zero-order valence-corrected chi connectivity index (χ0v) is 14.0. The van der Waals surface area contributed by atoms with E-state index in [0.717, 1.165) is 31.9 Å². The van der Waals surface area contributed by atoms with Crippen LogP contribution in [-0.2, 0) is 0 Å². The first kappa shape index (κ1) is 16.2. The fourth-order valence-corrected chi connectivity index (χ4v) is 3.26. The van der Waals surface area contributed by atoms with Crippen molar-refractivity contribution in [3.8, 4) is 5.75 Å². The summed E-state index contributed by atoms with van der Waals surface area (Å²) in [7, 11) is 0. The lowest BCUT2D eigenvalue weighted by Gasteiger charge is -2.48. The van der Waals surface area contributed by atoms with Crippen LogP contribution < -0.4 is 15.0 Å². The van der Waals surface area contributed by atoms with Gasteiger partial charge in [-0.25, -0.2) is 0 Å². The summed E-state index contributed by atoms with van der Waals surface area (Å²) in [6.45, 7) is 11.7. The predicted molar refractivity (Wildman–Crippen MR) is 90.4 cm³/mol. The van der Waals surface area contributed by atoms with Crippen LogP contribution in [0.15, 0.2) is 24.3 Å². The molecule has 1 atom stereocenters.